The number of hydroxylamine groups is 1. The van der Waals surface area contributed by atoms with Gasteiger partial charge in [0.2, 0.25) is 0 Å². The number of rotatable bonds is 3. The van der Waals surface area contributed by atoms with Gasteiger partial charge in [0.05, 0.1) is 12.0 Å². The first-order valence-electron chi connectivity index (χ1n) is 4.18. The van der Waals surface area contributed by atoms with Crippen molar-refractivity contribution >= 4 is 11.8 Å². The van der Waals surface area contributed by atoms with E-state index in [4.69, 9.17) is 14.7 Å². The van der Waals surface area contributed by atoms with Gasteiger partial charge in [0.15, 0.2) is 0 Å². The largest absolute Gasteiger partial charge is 0.496 e. The molecule has 0 aromatic heterocycles. The van der Waals surface area contributed by atoms with Gasteiger partial charge in [-0.1, -0.05) is 11.8 Å². The summed E-state index contributed by atoms with van der Waals surface area (Å²) in [7, 11) is 1.61. The molecule has 0 atom stereocenters. The Hall–Kier alpha value is -0.910. The molecule has 0 unspecified atom stereocenters. The van der Waals surface area contributed by atoms with E-state index >= 15 is 0 Å². The van der Waals surface area contributed by atoms with Crippen LogP contribution >= 0.6 is 11.8 Å². The quantitative estimate of drug-likeness (QED) is 0.747. The van der Waals surface area contributed by atoms with E-state index in [0.717, 1.165) is 22.0 Å². The Morgan fingerprint density at radius 1 is 1.64 bits per heavy atom. The Morgan fingerprint density at radius 3 is 3.21 bits per heavy atom. The van der Waals surface area contributed by atoms with Crippen LogP contribution < -0.4 is 15.0 Å². The molecule has 1 aromatic carbocycles. The zero-order valence-electron chi connectivity index (χ0n) is 7.74. The number of hydrogen-bond acceptors (Lipinski definition) is 5. The van der Waals surface area contributed by atoms with Crippen LogP contribution in [0, 0.1) is 0 Å². The van der Waals surface area contributed by atoms with Gasteiger partial charge in [-0.15, -0.1) is 0 Å². The number of methoxy groups -OCH3 is 1. The molecule has 2 rings (SSSR count). The van der Waals surface area contributed by atoms with Gasteiger partial charge < -0.3 is 14.7 Å². The minimum Gasteiger partial charge on any atom is -0.496 e. The summed E-state index contributed by atoms with van der Waals surface area (Å²) in [5, 5.41) is 8.64. The summed E-state index contributed by atoms with van der Waals surface area (Å²) in [5.74, 6) is 2.28. The van der Waals surface area contributed by atoms with Crippen molar-refractivity contribution in [1.82, 2.24) is 5.48 Å². The number of ether oxygens (including phenoxy) is 2. The topological polar surface area (TPSA) is 50.7 Å². The second-order valence-corrected chi connectivity index (χ2v) is 3.82. The van der Waals surface area contributed by atoms with E-state index in [1.807, 2.05) is 12.1 Å². The Bertz CT molecular complexity index is 343. The van der Waals surface area contributed by atoms with Crippen molar-refractivity contribution in [2.24, 2.45) is 0 Å². The van der Waals surface area contributed by atoms with Crippen molar-refractivity contribution in [3.8, 4) is 11.5 Å². The molecule has 5 heteroatoms. The van der Waals surface area contributed by atoms with Crippen molar-refractivity contribution in [3.63, 3.8) is 0 Å². The molecule has 0 bridgehead atoms. The van der Waals surface area contributed by atoms with Crippen LogP contribution in [0.3, 0.4) is 0 Å². The first-order valence-corrected chi connectivity index (χ1v) is 5.17. The van der Waals surface area contributed by atoms with Crippen LogP contribution in [0.5, 0.6) is 11.5 Å². The smallest absolute Gasteiger partial charge is 0.138 e. The Morgan fingerprint density at radius 2 is 2.50 bits per heavy atom. The van der Waals surface area contributed by atoms with Gasteiger partial charge in [-0.05, 0) is 12.1 Å². The average molecular weight is 213 g/mol. The highest BCUT2D eigenvalue weighted by Crippen LogP contribution is 2.40. The molecular formula is C9H11NO3S. The molecule has 0 fully saturated rings. The fourth-order valence-electron chi connectivity index (χ4n) is 1.38. The fourth-order valence-corrected chi connectivity index (χ4v) is 2.14. The summed E-state index contributed by atoms with van der Waals surface area (Å²) in [6.07, 6.45) is 0. The second-order valence-electron chi connectivity index (χ2n) is 2.85. The third-order valence-electron chi connectivity index (χ3n) is 2.05. The maximum absolute atomic E-state index is 8.64. The minimum atomic E-state index is 0.352. The van der Waals surface area contributed by atoms with Crippen LogP contribution in [-0.2, 0) is 6.54 Å². The van der Waals surface area contributed by atoms with Gasteiger partial charge in [-0.25, -0.2) is 5.48 Å². The molecule has 0 amide bonds. The van der Waals surface area contributed by atoms with Crippen molar-refractivity contribution in [2.75, 3.05) is 13.0 Å². The third-order valence-corrected chi connectivity index (χ3v) is 2.91. The summed E-state index contributed by atoms with van der Waals surface area (Å²) >= 11 is 1.64. The Kier molecular flexibility index (Phi) is 2.81. The number of nitrogens with one attached hydrogen (secondary N) is 1. The number of benzene rings is 1. The van der Waals surface area contributed by atoms with Gasteiger partial charge >= 0.3 is 0 Å². The van der Waals surface area contributed by atoms with Crippen molar-refractivity contribution in [3.05, 3.63) is 17.7 Å². The molecule has 1 aliphatic heterocycles. The van der Waals surface area contributed by atoms with Crippen LogP contribution in [0.15, 0.2) is 17.0 Å². The number of fused-ring (bicyclic) bond motifs is 1. The van der Waals surface area contributed by atoms with E-state index in [-0.39, 0.29) is 0 Å². The highest BCUT2D eigenvalue weighted by atomic mass is 32.2. The SMILES string of the molecule is COc1cc2c(cc1CNO)OCS2. The monoisotopic (exact) mass is 213 g/mol. The van der Waals surface area contributed by atoms with E-state index in [1.165, 1.54) is 0 Å². The predicted molar refractivity (Wildman–Crippen MR) is 53.0 cm³/mol. The first kappa shape index (κ1) is 9.64. The van der Waals surface area contributed by atoms with Crippen molar-refractivity contribution < 1.29 is 14.7 Å². The molecule has 1 aromatic rings. The molecule has 14 heavy (non-hydrogen) atoms. The summed E-state index contributed by atoms with van der Waals surface area (Å²) in [5.41, 5.74) is 2.99. The van der Waals surface area contributed by atoms with E-state index in [9.17, 15) is 0 Å². The lowest BCUT2D eigenvalue weighted by molar-refractivity contribution is 0.160. The molecule has 0 saturated heterocycles. The van der Waals surface area contributed by atoms with Crippen LogP contribution in [0.4, 0.5) is 0 Å². The Balaban J connectivity index is 2.38. The summed E-state index contributed by atoms with van der Waals surface area (Å²) in [6.45, 7) is 0.352. The van der Waals surface area contributed by atoms with Gasteiger partial charge in [-0.3, -0.25) is 0 Å². The van der Waals surface area contributed by atoms with Crippen molar-refractivity contribution in [2.45, 2.75) is 11.4 Å². The van der Waals surface area contributed by atoms with Crippen molar-refractivity contribution in [1.29, 1.82) is 0 Å². The molecule has 1 aliphatic rings. The normalized spacial score (nSPS) is 13.6. The fraction of sp³-hybridized carbons (Fsp3) is 0.333. The van der Waals surface area contributed by atoms with Crippen LogP contribution in [0.2, 0.25) is 0 Å². The standard InChI is InChI=1S/C9H11NO3S/c1-12-7-3-9-8(13-5-14-9)2-6(7)4-10-11/h2-3,10-11H,4-5H2,1H3. The summed E-state index contributed by atoms with van der Waals surface area (Å²) in [4.78, 5) is 1.09. The highest BCUT2D eigenvalue weighted by molar-refractivity contribution is 7.99. The maximum atomic E-state index is 8.64. The molecule has 76 valence electrons. The predicted octanol–water partition coefficient (Wildman–Crippen LogP) is 1.62. The number of hydrogen-bond donors (Lipinski definition) is 2. The lowest BCUT2D eigenvalue weighted by Crippen LogP contribution is -2.07. The lowest BCUT2D eigenvalue weighted by atomic mass is 10.2. The van der Waals surface area contributed by atoms with Gasteiger partial charge in [0, 0.05) is 12.1 Å². The highest BCUT2D eigenvalue weighted by Gasteiger charge is 2.16. The molecule has 2 N–H and O–H groups in total. The zero-order valence-corrected chi connectivity index (χ0v) is 8.56. The number of thioether (sulfide) groups is 1. The van der Waals surface area contributed by atoms with E-state index in [0.29, 0.717) is 12.5 Å². The molecule has 0 saturated carbocycles. The van der Waals surface area contributed by atoms with Crippen LogP contribution in [0.25, 0.3) is 0 Å². The zero-order chi connectivity index (χ0) is 9.97. The van der Waals surface area contributed by atoms with Gasteiger partial charge in [0.25, 0.3) is 0 Å². The molecular weight excluding hydrogens is 202 g/mol. The molecule has 1 heterocycles. The van der Waals surface area contributed by atoms with E-state index in [1.54, 1.807) is 18.9 Å². The van der Waals surface area contributed by atoms with Gasteiger partial charge in [-0.2, -0.15) is 0 Å². The lowest BCUT2D eigenvalue weighted by Gasteiger charge is -2.09. The minimum absolute atomic E-state index is 0.352. The molecule has 0 spiro atoms. The molecule has 4 nitrogen and oxygen atoms in total. The third kappa shape index (κ3) is 1.66. The first-order chi connectivity index (χ1) is 6.85. The molecule has 0 radical (unpaired) electrons. The van der Waals surface area contributed by atoms with Crippen LogP contribution in [0.1, 0.15) is 5.56 Å². The summed E-state index contributed by atoms with van der Waals surface area (Å²) in [6, 6.07) is 3.82. The summed E-state index contributed by atoms with van der Waals surface area (Å²) < 4.78 is 10.6. The van der Waals surface area contributed by atoms with Gasteiger partial charge in [0.1, 0.15) is 17.4 Å². The Labute approximate surface area is 86.2 Å². The van der Waals surface area contributed by atoms with Crippen LogP contribution in [-0.4, -0.2) is 18.3 Å². The second kappa shape index (κ2) is 4.08. The average Bonchev–Trinajstić information content (AvgIpc) is 2.64. The maximum Gasteiger partial charge on any atom is 0.138 e. The van der Waals surface area contributed by atoms with E-state index in [2.05, 4.69) is 5.48 Å². The van der Waals surface area contributed by atoms with E-state index < -0.39 is 0 Å². The molecule has 0 aliphatic carbocycles.